The van der Waals surface area contributed by atoms with E-state index in [0.29, 0.717) is 0 Å². The van der Waals surface area contributed by atoms with Gasteiger partial charge in [0.1, 0.15) is 0 Å². The molecule has 0 spiro atoms. The summed E-state index contributed by atoms with van der Waals surface area (Å²) in [6, 6.07) is 0. The van der Waals surface area contributed by atoms with Crippen molar-refractivity contribution in [3.63, 3.8) is 0 Å². The molecule has 218 valence electrons. The van der Waals surface area contributed by atoms with Crippen LogP contribution in [0.2, 0.25) is 0 Å². The van der Waals surface area contributed by atoms with Crippen LogP contribution >= 0.6 is 0 Å². The summed E-state index contributed by atoms with van der Waals surface area (Å²) in [5, 5.41) is 8.26. The van der Waals surface area contributed by atoms with Crippen LogP contribution in [0.25, 0.3) is 0 Å². The van der Waals surface area contributed by atoms with Crippen molar-refractivity contribution < 1.29 is 97.3 Å². The summed E-state index contributed by atoms with van der Waals surface area (Å²) in [5.74, 6) is -76.6. The van der Waals surface area contributed by atoms with Crippen molar-refractivity contribution in [3.8, 4) is 0 Å². The van der Waals surface area contributed by atoms with Gasteiger partial charge in [0, 0.05) is 13.0 Å². The highest BCUT2D eigenvalue weighted by Crippen LogP contribution is 2.66. The van der Waals surface area contributed by atoms with Crippen molar-refractivity contribution in [3.05, 3.63) is 0 Å². The van der Waals surface area contributed by atoms with Gasteiger partial charge in [0.15, 0.2) is 0 Å². The molecule has 1 nitrogen and oxygen atoms in total. The molecular weight excluding hydrogens is 583 g/mol. The van der Waals surface area contributed by atoms with Crippen LogP contribution in [0.4, 0.5) is 92.2 Å². The van der Waals surface area contributed by atoms with E-state index in [1.54, 1.807) is 0 Å². The number of hydrogen-bond acceptors (Lipinski definition) is 1. The third-order valence-electron chi connectivity index (χ3n) is 4.47. The van der Waals surface area contributed by atoms with Crippen molar-refractivity contribution in [1.29, 1.82) is 0 Å². The highest BCUT2D eigenvalue weighted by molar-refractivity contribution is 5.17. The molecule has 0 atom stereocenters. The maximum atomic E-state index is 13.5. The number of aliphatic hydroxyl groups is 1. The zero-order chi connectivity index (χ0) is 29.8. The Kier molecular flexibility index (Phi) is 8.67. The fourth-order valence-corrected chi connectivity index (χ4v) is 2.21. The van der Waals surface area contributed by atoms with Crippen LogP contribution in [0.3, 0.4) is 0 Å². The van der Waals surface area contributed by atoms with Crippen LogP contribution in [0.5, 0.6) is 0 Å². The second kappa shape index (κ2) is 9.05. The minimum atomic E-state index is -9.16. The summed E-state index contributed by atoms with van der Waals surface area (Å²) in [5.41, 5.74) is 0. The van der Waals surface area contributed by atoms with E-state index in [9.17, 15) is 92.2 Å². The summed E-state index contributed by atoms with van der Waals surface area (Å²) >= 11 is 0. The van der Waals surface area contributed by atoms with E-state index < -0.39 is 85.3 Å². The molecule has 0 unspecified atom stereocenters. The molecule has 0 bridgehead atoms. The quantitative estimate of drug-likeness (QED) is 0.185. The molecule has 1 N–H and O–H groups in total. The van der Waals surface area contributed by atoms with Crippen molar-refractivity contribution in [1.82, 2.24) is 0 Å². The first kappa shape index (κ1) is 34.5. The maximum absolute atomic E-state index is 13.5. The number of hydrogen-bond donors (Lipinski definition) is 1. The number of alkyl halides is 21. The molecule has 0 amide bonds. The zero-order valence-corrected chi connectivity index (χ0v) is 16.2. The topological polar surface area (TPSA) is 20.2 Å². The van der Waals surface area contributed by atoms with Gasteiger partial charge >= 0.3 is 59.5 Å². The minimum Gasteiger partial charge on any atom is -0.396 e. The molecule has 0 rings (SSSR count). The SMILES string of the molecule is OCCCCC(F)(F)C(F)(F)C(F)(F)C(F)(F)C(F)(F)C(F)(F)C(F)(F)C(F)(F)C(F)(F)C(F)(F)F. The van der Waals surface area contributed by atoms with Gasteiger partial charge in [-0.05, 0) is 12.8 Å². The third-order valence-corrected chi connectivity index (χ3v) is 4.47. The molecule has 0 aromatic carbocycles. The van der Waals surface area contributed by atoms with E-state index in [2.05, 4.69) is 0 Å². The molecule has 0 aliphatic rings. The second-order valence-corrected chi connectivity index (χ2v) is 6.98. The van der Waals surface area contributed by atoms with Crippen LogP contribution in [0, 0.1) is 0 Å². The number of aliphatic hydroxyl groups excluding tert-OH is 1. The maximum Gasteiger partial charge on any atom is 0.460 e. The van der Waals surface area contributed by atoms with Crippen LogP contribution in [-0.4, -0.2) is 71.2 Å². The van der Waals surface area contributed by atoms with Gasteiger partial charge < -0.3 is 5.11 Å². The molecule has 0 aliphatic carbocycles. The molecule has 0 saturated heterocycles. The monoisotopic (exact) mass is 592 g/mol. The van der Waals surface area contributed by atoms with E-state index in [4.69, 9.17) is 5.11 Å². The fourth-order valence-electron chi connectivity index (χ4n) is 2.21. The molecule has 22 heteroatoms. The molecule has 0 heterocycles. The first-order valence-corrected chi connectivity index (χ1v) is 8.39. The largest absolute Gasteiger partial charge is 0.460 e. The molecule has 0 saturated carbocycles. The predicted octanol–water partition coefficient (Wildman–Crippen LogP) is 7.43. The molecule has 0 aliphatic heterocycles. The number of rotatable bonds is 12. The molecular formula is C14H9F21O. The minimum absolute atomic E-state index is 0.962. The Morgan fingerprint density at radius 3 is 0.833 bits per heavy atom. The van der Waals surface area contributed by atoms with Gasteiger partial charge in [-0.25, -0.2) is 0 Å². The van der Waals surface area contributed by atoms with Crippen molar-refractivity contribution >= 4 is 0 Å². The van der Waals surface area contributed by atoms with E-state index >= 15 is 0 Å². The Morgan fingerprint density at radius 1 is 0.333 bits per heavy atom. The van der Waals surface area contributed by atoms with E-state index in [1.165, 1.54) is 0 Å². The Hall–Kier alpha value is -1.51. The van der Waals surface area contributed by atoms with Crippen molar-refractivity contribution in [2.24, 2.45) is 0 Å². The lowest BCUT2D eigenvalue weighted by molar-refractivity contribution is -0.474. The summed E-state index contributed by atoms with van der Waals surface area (Å²) in [6.07, 6.45) is -13.1. The smallest absolute Gasteiger partial charge is 0.396 e. The van der Waals surface area contributed by atoms with Gasteiger partial charge in [0.2, 0.25) is 0 Å². The average molecular weight is 592 g/mol. The van der Waals surface area contributed by atoms with Gasteiger partial charge in [-0.2, -0.15) is 92.2 Å². The lowest BCUT2D eigenvalue weighted by atomic mass is 9.85. The Morgan fingerprint density at radius 2 is 0.583 bits per heavy atom. The summed E-state index contributed by atoms with van der Waals surface area (Å²) in [7, 11) is 0. The highest BCUT2D eigenvalue weighted by Gasteiger charge is 2.97. The van der Waals surface area contributed by atoms with E-state index in [0.717, 1.165) is 0 Å². The van der Waals surface area contributed by atoms with Gasteiger partial charge in [-0.1, -0.05) is 0 Å². The normalized spacial score (nSPS) is 16.5. The third kappa shape index (κ3) is 4.41. The zero-order valence-electron chi connectivity index (χ0n) is 16.2. The summed E-state index contributed by atoms with van der Waals surface area (Å²) in [4.78, 5) is 0. The molecule has 0 radical (unpaired) electrons. The lowest BCUT2D eigenvalue weighted by Crippen LogP contribution is -2.76. The standard InChI is InChI=1S/C14H9F21O/c15-5(16,3-1-2-4-36)6(17,18)7(19,20)8(21,22)9(23,24)10(25,26)11(27,28)12(29,30)13(31,32)14(33,34)35/h36H,1-4H2. The Balaban J connectivity index is 6.89. The Labute approximate surface area is 184 Å². The predicted molar refractivity (Wildman–Crippen MR) is 71.5 cm³/mol. The van der Waals surface area contributed by atoms with E-state index in [-0.39, 0.29) is 0 Å². The first-order chi connectivity index (χ1) is 15.3. The van der Waals surface area contributed by atoms with Crippen LogP contribution in [-0.2, 0) is 0 Å². The highest BCUT2D eigenvalue weighted by atomic mass is 19.4. The van der Waals surface area contributed by atoms with Gasteiger partial charge in [-0.15, -0.1) is 0 Å². The first-order valence-electron chi connectivity index (χ1n) is 8.39. The van der Waals surface area contributed by atoms with Crippen LogP contribution in [0.1, 0.15) is 19.3 Å². The Bertz CT molecular complexity index is 763. The van der Waals surface area contributed by atoms with Crippen LogP contribution < -0.4 is 0 Å². The number of halogens is 21. The molecule has 0 aromatic heterocycles. The lowest BCUT2D eigenvalue weighted by Gasteiger charge is -2.44. The second-order valence-electron chi connectivity index (χ2n) is 6.98. The molecule has 0 aromatic rings. The van der Waals surface area contributed by atoms with Gasteiger partial charge in [0.25, 0.3) is 0 Å². The van der Waals surface area contributed by atoms with E-state index in [1.807, 2.05) is 0 Å². The number of unbranched alkanes of at least 4 members (excludes halogenated alkanes) is 1. The van der Waals surface area contributed by atoms with Crippen molar-refractivity contribution in [2.75, 3.05) is 6.61 Å². The van der Waals surface area contributed by atoms with Crippen LogP contribution in [0.15, 0.2) is 0 Å². The fraction of sp³-hybridized carbons (Fsp3) is 1.00. The average Bonchev–Trinajstić information content (AvgIpc) is 2.65. The van der Waals surface area contributed by atoms with Crippen molar-refractivity contribution in [2.45, 2.75) is 78.7 Å². The molecule has 36 heavy (non-hydrogen) atoms. The summed E-state index contributed by atoms with van der Waals surface area (Å²) in [6.45, 7) is -1.13. The molecule has 0 fully saturated rings. The van der Waals surface area contributed by atoms with Gasteiger partial charge in [-0.3, -0.25) is 0 Å². The summed E-state index contributed by atoms with van der Waals surface area (Å²) < 4.78 is 275. The van der Waals surface area contributed by atoms with Gasteiger partial charge in [0.05, 0.1) is 0 Å².